The maximum absolute atomic E-state index is 12.7. The fourth-order valence-corrected chi connectivity index (χ4v) is 4.55. The highest BCUT2D eigenvalue weighted by Gasteiger charge is 2.42. The van der Waals surface area contributed by atoms with Gasteiger partial charge in [0.2, 0.25) is 0 Å². The molecule has 3 aliphatic rings. The molecule has 1 aromatic carbocycles. The first-order valence-electron chi connectivity index (χ1n) is 10.1. The molecule has 0 aromatic heterocycles. The molecule has 0 aliphatic carbocycles. The summed E-state index contributed by atoms with van der Waals surface area (Å²) in [6, 6.07) is 6.18. The number of hydrogen-bond acceptors (Lipinski definition) is 4. The fourth-order valence-electron chi connectivity index (χ4n) is 4.55. The van der Waals surface area contributed by atoms with Crippen LogP contribution in [0.1, 0.15) is 19.3 Å². The number of carbonyl (C=O) groups is 1. The van der Waals surface area contributed by atoms with Crippen LogP contribution in [0.5, 0.6) is 5.75 Å². The van der Waals surface area contributed by atoms with Gasteiger partial charge < -0.3 is 24.2 Å². The first-order chi connectivity index (χ1) is 13.8. The number of amides is 2. The van der Waals surface area contributed by atoms with Crippen LogP contribution in [0.25, 0.3) is 0 Å². The molecule has 0 saturated carbocycles. The van der Waals surface area contributed by atoms with Gasteiger partial charge in [-0.25, -0.2) is 4.79 Å². The molecule has 29 heavy (non-hydrogen) atoms. The fraction of sp³-hybridized carbons (Fsp3) is 0.650. The molecule has 3 fully saturated rings. The van der Waals surface area contributed by atoms with E-state index in [0.717, 1.165) is 51.1 Å². The Balaban J connectivity index is 1.31. The number of rotatable bonds is 2. The van der Waals surface area contributed by atoms with E-state index in [4.69, 9.17) is 4.74 Å². The zero-order chi connectivity index (χ0) is 20.5. The summed E-state index contributed by atoms with van der Waals surface area (Å²) in [5, 5.41) is 0. The second-order valence-electron chi connectivity index (χ2n) is 8.08. The number of urea groups is 1. The van der Waals surface area contributed by atoms with Crippen molar-refractivity contribution in [3.8, 4) is 5.75 Å². The van der Waals surface area contributed by atoms with E-state index in [0.29, 0.717) is 26.3 Å². The summed E-state index contributed by atoms with van der Waals surface area (Å²) in [5.41, 5.74) is 1.08. The highest BCUT2D eigenvalue weighted by molar-refractivity contribution is 5.74. The lowest BCUT2D eigenvalue weighted by atomic mass is 9.78. The molecule has 6 nitrogen and oxygen atoms in total. The minimum atomic E-state index is -4.67. The monoisotopic (exact) mass is 413 g/mol. The molecule has 3 aliphatic heterocycles. The number of benzene rings is 1. The summed E-state index contributed by atoms with van der Waals surface area (Å²) in [4.78, 5) is 18.7. The largest absolute Gasteiger partial charge is 0.573 e. The second kappa shape index (κ2) is 7.93. The van der Waals surface area contributed by atoms with Crippen molar-refractivity contribution in [2.24, 2.45) is 5.41 Å². The van der Waals surface area contributed by atoms with E-state index in [9.17, 15) is 18.0 Å². The van der Waals surface area contributed by atoms with Crippen LogP contribution < -0.4 is 9.64 Å². The third kappa shape index (κ3) is 4.71. The zero-order valence-electron chi connectivity index (χ0n) is 16.3. The van der Waals surface area contributed by atoms with Crippen molar-refractivity contribution < 1.29 is 27.4 Å². The number of piperidine rings is 1. The lowest BCUT2D eigenvalue weighted by molar-refractivity contribution is -0.274. The van der Waals surface area contributed by atoms with Crippen LogP contribution >= 0.6 is 0 Å². The van der Waals surface area contributed by atoms with Gasteiger partial charge in [0.25, 0.3) is 0 Å². The van der Waals surface area contributed by atoms with Gasteiger partial charge in [-0.2, -0.15) is 0 Å². The lowest BCUT2D eigenvalue weighted by Gasteiger charge is -2.41. The highest BCUT2D eigenvalue weighted by Crippen LogP contribution is 2.42. The molecule has 0 atom stereocenters. The highest BCUT2D eigenvalue weighted by atomic mass is 19.4. The van der Waals surface area contributed by atoms with Crippen LogP contribution in [0.15, 0.2) is 24.3 Å². The van der Waals surface area contributed by atoms with Crippen LogP contribution in [0.4, 0.5) is 23.7 Å². The summed E-state index contributed by atoms with van der Waals surface area (Å²) in [6.45, 7) is 5.76. The van der Waals surface area contributed by atoms with Crippen molar-refractivity contribution >= 4 is 11.7 Å². The van der Waals surface area contributed by atoms with Crippen molar-refractivity contribution in [1.29, 1.82) is 0 Å². The van der Waals surface area contributed by atoms with E-state index in [1.54, 1.807) is 12.1 Å². The quantitative estimate of drug-likeness (QED) is 0.746. The number of carbonyl (C=O) groups excluding carboxylic acids is 1. The Morgan fingerprint density at radius 3 is 2.14 bits per heavy atom. The number of ether oxygens (including phenoxy) is 2. The van der Waals surface area contributed by atoms with Crippen LogP contribution in [-0.2, 0) is 4.74 Å². The Bertz CT molecular complexity index is 712. The van der Waals surface area contributed by atoms with E-state index in [2.05, 4.69) is 9.64 Å². The number of anilines is 1. The van der Waals surface area contributed by atoms with Crippen LogP contribution in [0, 0.1) is 5.41 Å². The summed E-state index contributed by atoms with van der Waals surface area (Å²) in [5.74, 6) is -0.204. The normalized spacial score (nSPS) is 22.2. The summed E-state index contributed by atoms with van der Waals surface area (Å²) < 4.78 is 46.2. The minimum absolute atomic E-state index is 0.109. The summed E-state index contributed by atoms with van der Waals surface area (Å²) in [7, 11) is 0. The number of alkyl halides is 3. The predicted molar refractivity (Wildman–Crippen MR) is 101 cm³/mol. The van der Waals surface area contributed by atoms with E-state index in [1.165, 1.54) is 12.1 Å². The third-order valence-corrected chi connectivity index (χ3v) is 6.25. The molecule has 1 spiro atoms. The number of halogens is 3. The topological polar surface area (TPSA) is 45.2 Å². The molecule has 1 aromatic rings. The van der Waals surface area contributed by atoms with Gasteiger partial charge >= 0.3 is 12.4 Å². The van der Waals surface area contributed by atoms with Crippen LogP contribution in [0.2, 0.25) is 0 Å². The number of likely N-dealkylation sites (tertiary alicyclic amines) is 1. The van der Waals surface area contributed by atoms with Crippen LogP contribution in [-0.4, -0.2) is 74.7 Å². The van der Waals surface area contributed by atoms with E-state index in [1.807, 2.05) is 9.80 Å². The molecule has 3 saturated heterocycles. The molecular weight excluding hydrogens is 387 g/mol. The first kappa shape index (κ1) is 20.1. The summed E-state index contributed by atoms with van der Waals surface area (Å²) >= 11 is 0. The van der Waals surface area contributed by atoms with Gasteiger partial charge in [-0.15, -0.1) is 13.2 Å². The van der Waals surface area contributed by atoms with Gasteiger partial charge in [-0.3, -0.25) is 0 Å². The van der Waals surface area contributed by atoms with Crippen molar-refractivity contribution in [2.45, 2.75) is 25.6 Å². The maximum atomic E-state index is 12.7. The van der Waals surface area contributed by atoms with E-state index in [-0.39, 0.29) is 17.2 Å². The third-order valence-electron chi connectivity index (χ3n) is 6.25. The molecule has 3 heterocycles. The number of hydrogen-bond donors (Lipinski definition) is 0. The Kier molecular flexibility index (Phi) is 5.50. The maximum Gasteiger partial charge on any atom is 0.573 e. The molecule has 0 N–H and O–H groups in total. The molecular formula is C20H26F3N3O3. The van der Waals surface area contributed by atoms with Gasteiger partial charge in [0, 0.05) is 45.0 Å². The Labute approximate surface area is 168 Å². The smallest absolute Gasteiger partial charge is 0.406 e. The van der Waals surface area contributed by atoms with Gasteiger partial charge in [-0.1, -0.05) is 0 Å². The second-order valence-corrected chi connectivity index (χ2v) is 8.08. The Hall–Kier alpha value is -2.16. The lowest BCUT2D eigenvalue weighted by Crippen LogP contribution is -2.52. The van der Waals surface area contributed by atoms with Crippen molar-refractivity contribution in [1.82, 2.24) is 9.80 Å². The molecule has 0 bridgehead atoms. The van der Waals surface area contributed by atoms with E-state index < -0.39 is 6.36 Å². The van der Waals surface area contributed by atoms with Gasteiger partial charge in [-0.05, 0) is 48.9 Å². The first-order valence-corrected chi connectivity index (χ1v) is 10.1. The standard InChI is InChI=1S/C20H26F3N3O3/c21-20(22,23)29-17-3-1-16(2-4-17)26-10-7-19(15-26)5-8-24(9-6-19)18(27)25-11-13-28-14-12-25/h1-4H,5-15H2. The number of morpholine rings is 1. The van der Waals surface area contributed by atoms with Crippen molar-refractivity contribution in [3.05, 3.63) is 24.3 Å². The molecule has 0 radical (unpaired) electrons. The number of nitrogens with zero attached hydrogens (tertiary/aromatic N) is 3. The average molecular weight is 413 g/mol. The van der Waals surface area contributed by atoms with Crippen LogP contribution in [0.3, 0.4) is 0 Å². The minimum Gasteiger partial charge on any atom is -0.406 e. The van der Waals surface area contributed by atoms with Gasteiger partial charge in [0.05, 0.1) is 13.2 Å². The Morgan fingerprint density at radius 2 is 1.52 bits per heavy atom. The van der Waals surface area contributed by atoms with E-state index >= 15 is 0 Å². The molecule has 0 unspecified atom stereocenters. The molecule has 2 amide bonds. The molecule has 160 valence electrons. The molecule has 9 heteroatoms. The Morgan fingerprint density at radius 1 is 0.931 bits per heavy atom. The van der Waals surface area contributed by atoms with Gasteiger partial charge in [0.15, 0.2) is 0 Å². The predicted octanol–water partition coefficient (Wildman–Crippen LogP) is 3.33. The average Bonchev–Trinajstić information content (AvgIpc) is 3.12. The van der Waals surface area contributed by atoms with Crippen molar-refractivity contribution in [3.63, 3.8) is 0 Å². The zero-order valence-corrected chi connectivity index (χ0v) is 16.3. The van der Waals surface area contributed by atoms with Crippen molar-refractivity contribution in [2.75, 3.05) is 57.4 Å². The molecule has 4 rings (SSSR count). The summed E-state index contributed by atoms with van der Waals surface area (Å²) in [6.07, 6.45) is -1.73. The SMILES string of the molecule is O=C(N1CCOCC1)N1CCC2(CC1)CCN(c1ccc(OC(F)(F)F)cc1)C2. The van der Waals surface area contributed by atoms with Gasteiger partial charge in [0.1, 0.15) is 5.75 Å².